The van der Waals surface area contributed by atoms with Crippen molar-refractivity contribution in [2.45, 2.75) is 24.9 Å². The second-order valence-electron chi connectivity index (χ2n) is 5.20. The number of ether oxygens (including phenoxy) is 1. The third kappa shape index (κ3) is 2.34. The van der Waals surface area contributed by atoms with Crippen molar-refractivity contribution in [3.8, 4) is 5.88 Å². The second kappa shape index (κ2) is 5.00. The number of halogens is 1. The number of pyridine rings is 2. The molecule has 0 bridgehead atoms. The maximum Gasteiger partial charge on any atom is 0.224 e. The first-order chi connectivity index (χ1) is 10.3. The van der Waals surface area contributed by atoms with Crippen LogP contribution < -0.4 is 4.74 Å². The van der Waals surface area contributed by atoms with E-state index in [-0.39, 0.29) is 6.10 Å². The van der Waals surface area contributed by atoms with Gasteiger partial charge in [0, 0.05) is 30.6 Å². The topological polar surface area (TPSA) is 63.7 Å². The molecular formula is C15H13ClN4O. The predicted molar refractivity (Wildman–Crippen MR) is 79.5 cm³/mol. The minimum atomic E-state index is 0.148. The Kier molecular flexibility index (Phi) is 3.00. The van der Waals surface area contributed by atoms with Gasteiger partial charge in [0.25, 0.3) is 0 Å². The van der Waals surface area contributed by atoms with Gasteiger partial charge in [0.2, 0.25) is 5.88 Å². The lowest BCUT2D eigenvalue weighted by atomic mass is 9.82. The molecule has 0 saturated heterocycles. The van der Waals surface area contributed by atoms with Gasteiger partial charge in [-0.3, -0.25) is 4.98 Å². The molecule has 1 aliphatic rings. The Morgan fingerprint density at radius 2 is 2.14 bits per heavy atom. The van der Waals surface area contributed by atoms with Crippen LogP contribution in [0.15, 0.2) is 36.8 Å². The van der Waals surface area contributed by atoms with Crippen molar-refractivity contribution in [1.29, 1.82) is 0 Å². The van der Waals surface area contributed by atoms with E-state index in [1.54, 1.807) is 18.5 Å². The minimum absolute atomic E-state index is 0.148. The average molecular weight is 301 g/mol. The second-order valence-corrected chi connectivity index (χ2v) is 5.59. The standard InChI is InChI=1S/C15H13ClN4O/c16-13-8-12-11(2-1-3-17-12)15(20-13)21-10-6-9(7-10)14-18-4-5-19-14/h1-5,8-10H,6-7H2,(H,18,19)/t9-,10+. The van der Waals surface area contributed by atoms with E-state index in [0.29, 0.717) is 17.0 Å². The molecule has 21 heavy (non-hydrogen) atoms. The summed E-state index contributed by atoms with van der Waals surface area (Å²) < 4.78 is 6.00. The number of aromatic nitrogens is 4. The molecule has 106 valence electrons. The monoisotopic (exact) mass is 300 g/mol. The predicted octanol–water partition coefficient (Wildman–Crippen LogP) is 3.33. The molecule has 1 N–H and O–H groups in total. The molecule has 0 aromatic carbocycles. The molecule has 0 aliphatic heterocycles. The first-order valence-corrected chi connectivity index (χ1v) is 7.24. The van der Waals surface area contributed by atoms with Crippen molar-refractivity contribution in [3.63, 3.8) is 0 Å². The normalized spacial score (nSPS) is 21.2. The van der Waals surface area contributed by atoms with Gasteiger partial charge in [-0.1, -0.05) is 11.6 Å². The molecule has 1 fully saturated rings. The summed E-state index contributed by atoms with van der Waals surface area (Å²) in [7, 11) is 0. The van der Waals surface area contributed by atoms with Gasteiger partial charge in [-0.15, -0.1) is 0 Å². The molecule has 0 amide bonds. The summed E-state index contributed by atoms with van der Waals surface area (Å²) in [6.45, 7) is 0. The number of H-pyrrole nitrogens is 1. The zero-order chi connectivity index (χ0) is 14.2. The smallest absolute Gasteiger partial charge is 0.224 e. The molecule has 0 radical (unpaired) electrons. The van der Waals surface area contributed by atoms with Gasteiger partial charge in [0.15, 0.2) is 0 Å². The summed E-state index contributed by atoms with van der Waals surface area (Å²) in [5.41, 5.74) is 0.800. The third-order valence-electron chi connectivity index (χ3n) is 3.81. The molecule has 3 aromatic heterocycles. The Hall–Kier alpha value is -2.14. The van der Waals surface area contributed by atoms with Crippen LogP contribution in [0, 0.1) is 0 Å². The zero-order valence-corrected chi connectivity index (χ0v) is 11.9. The van der Waals surface area contributed by atoms with E-state index in [9.17, 15) is 0 Å². The van der Waals surface area contributed by atoms with E-state index in [2.05, 4.69) is 19.9 Å². The first kappa shape index (κ1) is 12.6. The zero-order valence-electron chi connectivity index (χ0n) is 11.2. The lowest BCUT2D eigenvalue weighted by molar-refractivity contribution is 0.0925. The number of nitrogens with one attached hydrogen (secondary N) is 1. The highest BCUT2D eigenvalue weighted by molar-refractivity contribution is 6.30. The Balaban J connectivity index is 1.53. The molecule has 1 saturated carbocycles. The van der Waals surface area contributed by atoms with Gasteiger partial charge in [0.1, 0.15) is 17.1 Å². The molecule has 3 heterocycles. The van der Waals surface area contributed by atoms with E-state index < -0.39 is 0 Å². The number of fused-ring (bicyclic) bond motifs is 1. The highest BCUT2D eigenvalue weighted by atomic mass is 35.5. The Bertz CT molecular complexity index is 768. The molecular weight excluding hydrogens is 288 g/mol. The van der Waals surface area contributed by atoms with Gasteiger partial charge in [-0.2, -0.15) is 0 Å². The lowest BCUT2D eigenvalue weighted by Gasteiger charge is -2.33. The molecule has 6 heteroatoms. The number of hydrogen-bond donors (Lipinski definition) is 1. The fraction of sp³-hybridized carbons (Fsp3) is 0.267. The van der Waals surface area contributed by atoms with Crippen molar-refractivity contribution in [1.82, 2.24) is 19.9 Å². The van der Waals surface area contributed by atoms with Crippen LogP contribution in [-0.4, -0.2) is 26.0 Å². The van der Waals surface area contributed by atoms with Crippen LogP contribution in [0.4, 0.5) is 0 Å². The summed E-state index contributed by atoms with van der Waals surface area (Å²) in [5.74, 6) is 2.03. The summed E-state index contributed by atoms with van der Waals surface area (Å²) >= 11 is 6.03. The molecule has 0 spiro atoms. The molecule has 3 aromatic rings. The van der Waals surface area contributed by atoms with Crippen molar-refractivity contribution in [2.75, 3.05) is 0 Å². The molecule has 1 aliphatic carbocycles. The average Bonchev–Trinajstić information content (AvgIpc) is 2.95. The quantitative estimate of drug-likeness (QED) is 0.754. The minimum Gasteiger partial charge on any atom is -0.474 e. The Morgan fingerprint density at radius 1 is 1.24 bits per heavy atom. The van der Waals surface area contributed by atoms with Crippen molar-refractivity contribution in [3.05, 3.63) is 47.8 Å². The summed E-state index contributed by atoms with van der Waals surface area (Å²) in [6, 6.07) is 5.57. The van der Waals surface area contributed by atoms with Gasteiger partial charge < -0.3 is 9.72 Å². The van der Waals surface area contributed by atoms with Gasteiger partial charge in [0.05, 0.1) is 10.9 Å². The van der Waals surface area contributed by atoms with Crippen LogP contribution in [0.1, 0.15) is 24.6 Å². The third-order valence-corrected chi connectivity index (χ3v) is 4.01. The van der Waals surface area contributed by atoms with Crippen LogP contribution in [0.5, 0.6) is 5.88 Å². The Morgan fingerprint density at radius 3 is 2.95 bits per heavy atom. The number of imidazole rings is 1. The summed E-state index contributed by atoms with van der Waals surface area (Å²) in [5, 5.41) is 1.29. The summed E-state index contributed by atoms with van der Waals surface area (Å²) in [4.78, 5) is 16.0. The SMILES string of the molecule is Clc1cc2ncccc2c(O[C@H]2C[C@@H](c3ncc[nH]3)C2)n1. The fourth-order valence-electron chi connectivity index (χ4n) is 2.65. The maximum atomic E-state index is 6.03. The molecule has 0 unspecified atom stereocenters. The largest absolute Gasteiger partial charge is 0.474 e. The van der Waals surface area contributed by atoms with Crippen LogP contribution in [-0.2, 0) is 0 Å². The van der Waals surface area contributed by atoms with E-state index >= 15 is 0 Å². The van der Waals surface area contributed by atoms with E-state index in [0.717, 1.165) is 29.6 Å². The number of aromatic amines is 1. The molecule has 0 atom stereocenters. The first-order valence-electron chi connectivity index (χ1n) is 6.87. The van der Waals surface area contributed by atoms with Crippen LogP contribution in [0.3, 0.4) is 0 Å². The summed E-state index contributed by atoms with van der Waals surface area (Å²) in [6.07, 6.45) is 7.38. The number of hydrogen-bond acceptors (Lipinski definition) is 4. The van der Waals surface area contributed by atoms with E-state index in [1.807, 2.05) is 18.3 Å². The maximum absolute atomic E-state index is 6.03. The number of nitrogens with zero attached hydrogens (tertiary/aromatic N) is 3. The van der Waals surface area contributed by atoms with Crippen LogP contribution in [0.25, 0.3) is 10.9 Å². The van der Waals surface area contributed by atoms with Gasteiger partial charge in [-0.05, 0) is 25.0 Å². The fourth-order valence-corrected chi connectivity index (χ4v) is 2.83. The van der Waals surface area contributed by atoms with Gasteiger partial charge >= 0.3 is 0 Å². The highest BCUT2D eigenvalue weighted by Gasteiger charge is 2.34. The van der Waals surface area contributed by atoms with E-state index in [1.165, 1.54) is 0 Å². The molecule has 5 nitrogen and oxygen atoms in total. The van der Waals surface area contributed by atoms with Crippen LogP contribution >= 0.6 is 11.6 Å². The number of rotatable bonds is 3. The lowest BCUT2D eigenvalue weighted by Crippen LogP contribution is -2.33. The van der Waals surface area contributed by atoms with Gasteiger partial charge in [-0.25, -0.2) is 9.97 Å². The molecule has 4 rings (SSSR count). The van der Waals surface area contributed by atoms with Crippen molar-refractivity contribution >= 4 is 22.5 Å². The highest BCUT2D eigenvalue weighted by Crippen LogP contribution is 2.38. The Labute approximate surface area is 126 Å². The van der Waals surface area contributed by atoms with E-state index in [4.69, 9.17) is 16.3 Å². The van der Waals surface area contributed by atoms with Crippen molar-refractivity contribution < 1.29 is 4.74 Å². The van der Waals surface area contributed by atoms with Crippen molar-refractivity contribution in [2.24, 2.45) is 0 Å². The van der Waals surface area contributed by atoms with Crippen LogP contribution in [0.2, 0.25) is 5.15 Å².